The van der Waals surface area contributed by atoms with Crippen LogP contribution in [0.3, 0.4) is 0 Å². The number of benzene rings is 1. The van der Waals surface area contributed by atoms with E-state index in [1.807, 2.05) is 6.92 Å². The van der Waals surface area contributed by atoms with Crippen molar-refractivity contribution in [2.24, 2.45) is 0 Å². The molecular formula is C13H13FO3. The summed E-state index contributed by atoms with van der Waals surface area (Å²) in [7, 11) is 1.34. The smallest absolute Gasteiger partial charge is 0.316 e. The number of hydrogen-bond donors (Lipinski definition) is 0. The molecule has 0 saturated heterocycles. The zero-order chi connectivity index (χ0) is 12.4. The van der Waals surface area contributed by atoms with Crippen LogP contribution in [-0.2, 0) is 9.53 Å². The zero-order valence-corrected chi connectivity index (χ0v) is 9.70. The van der Waals surface area contributed by atoms with Crippen molar-refractivity contribution < 1.29 is 18.3 Å². The molecule has 2 aromatic rings. The topological polar surface area (TPSA) is 39.4 Å². The van der Waals surface area contributed by atoms with Crippen molar-refractivity contribution in [2.45, 2.75) is 19.3 Å². The van der Waals surface area contributed by atoms with Crippen LogP contribution < -0.4 is 0 Å². The monoisotopic (exact) mass is 236 g/mol. The van der Waals surface area contributed by atoms with Gasteiger partial charge in [0.1, 0.15) is 23.1 Å². The standard InChI is InChI=1S/C13H13FO3/c1-3-10(13(15)16-2)12-7-8-6-9(14)4-5-11(8)17-12/h4-7,10H,3H2,1-2H3. The van der Waals surface area contributed by atoms with Gasteiger partial charge in [-0.1, -0.05) is 6.92 Å². The minimum absolute atomic E-state index is 0.323. The second-order valence-electron chi connectivity index (χ2n) is 3.81. The van der Waals surface area contributed by atoms with Gasteiger partial charge in [-0.3, -0.25) is 4.79 Å². The van der Waals surface area contributed by atoms with Crippen molar-refractivity contribution in [3.05, 3.63) is 35.8 Å². The zero-order valence-electron chi connectivity index (χ0n) is 9.70. The highest BCUT2D eigenvalue weighted by molar-refractivity contribution is 5.82. The first kappa shape index (κ1) is 11.6. The van der Waals surface area contributed by atoms with Crippen molar-refractivity contribution in [2.75, 3.05) is 7.11 Å². The Morgan fingerprint density at radius 3 is 2.88 bits per heavy atom. The van der Waals surface area contributed by atoms with Crippen LogP contribution in [0.4, 0.5) is 4.39 Å². The number of carbonyl (C=O) groups is 1. The molecule has 3 nitrogen and oxygen atoms in total. The third-order valence-corrected chi connectivity index (χ3v) is 2.73. The highest BCUT2D eigenvalue weighted by Gasteiger charge is 2.23. The first-order valence-electron chi connectivity index (χ1n) is 5.42. The molecule has 1 aromatic heterocycles. The Morgan fingerprint density at radius 1 is 1.47 bits per heavy atom. The van der Waals surface area contributed by atoms with Gasteiger partial charge in [0.15, 0.2) is 0 Å². The number of rotatable bonds is 3. The maximum atomic E-state index is 13.0. The third kappa shape index (κ3) is 2.16. The van der Waals surface area contributed by atoms with E-state index in [1.165, 1.54) is 19.2 Å². The summed E-state index contributed by atoms with van der Waals surface area (Å²) in [6.45, 7) is 1.87. The number of esters is 1. The molecule has 0 N–H and O–H groups in total. The molecule has 17 heavy (non-hydrogen) atoms. The van der Waals surface area contributed by atoms with E-state index in [-0.39, 0.29) is 11.8 Å². The Bertz CT molecular complexity index is 545. The van der Waals surface area contributed by atoms with Gasteiger partial charge in [-0.25, -0.2) is 4.39 Å². The number of ether oxygens (including phenoxy) is 1. The van der Waals surface area contributed by atoms with E-state index in [2.05, 4.69) is 0 Å². The first-order valence-corrected chi connectivity index (χ1v) is 5.42. The van der Waals surface area contributed by atoms with Gasteiger partial charge in [0.05, 0.1) is 7.11 Å². The van der Waals surface area contributed by atoms with Crippen LogP contribution in [0.5, 0.6) is 0 Å². The molecular weight excluding hydrogens is 223 g/mol. The summed E-state index contributed by atoms with van der Waals surface area (Å²) in [5.41, 5.74) is 0.573. The van der Waals surface area contributed by atoms with Crippen molar-refractivity contribution >= 4 is 16.9 Å². The van der Waals surface area contributed by atoms with Crippen LogP contribution in [0.1, 0.15) is 25.0 Å². The number of methoxy groups -OCH3 is 1. The van der Waals surface area contributed by atoms with Gasteiger partial charge >= 0.3 is 5.97 Å². The summed E-state index contributed by atoms with van der Waals surface area (Å²) in [6, 6.07) is 5.95. The van der Waals surface area contributed by atoms with Crippen LogP contribution in [-0.4, -0.2) is 13.1 Å². The van der Waals surface area contributed by atoms with E-state index in [0.29, 0.717) is 23.2 Å². The third-order valence-electron chi connectivity index (χ3n) is 2.73. The lowest BCUT2D eigenvalue weighted by atomic mass is 10.0. The fourth-order valence-corrected chi connectivity index (χ4v) is 1.83. The molecule has 0 bridgehead atoms. The van der Waals surface area contributed by atoms with Crippen molar-refractivity contribution in [1.29, 1.82) is 0 Å². The van der Waals surface area contributed by atoms with Crippen LogP contribution in [0, 0.1) is 5.82 Å². The number of furan rings is 1. The molecule has 1 unspecified atom stereocenters. The molecule has 1 heterocycles. The molecule has 90 valence electrons. The van der Waals surface area contributed by atoms with Crippen molar-refractivity contribution in [3.8, 4) is 0 Å². The molecule has 0 aliphatic heterocycles. The van der Waals surface area contributed by atoms with Crippen LogP contribution in [0.15, 0.2) is 28.7 Å². The minimum atomic E-state index is -0.435. The molecule has 0 fully saturated rings. The number of hydrogen-bond acceptors (Lipinski definition) is 3. The summed E-state index contributed by atoms with van der Waals surface area (Å²) in [4.78, 5) is 11.5. The van der Waals surface area contributed by atoms with E-state index in [4.69, 9.17) is 9.15 Å². The molecule has 0 aliphatic carbocycles. The quantitative estimate of drug-likeness (QED) is 0.768. The molecule has 0 amide bonds. The van der Waals surface area contributed by atoms with Gasteiger partial charge in [-0.2, -0.15) is 0 Å². The Morgan fingerprint density at radius 2 is 2.24 bits per heavy atom. The SMILES string of the molecule is CCC(C(=O)OC)c1cc2cc(F)ccc2o1. The molecule has 0 saturated carbocycles. The maximum Gasteiger partial charge on any atom is 0.316 e. The Hall–Kier alpha value is -1.84. The highest BCUT2D eigenvalue weighted by atomic mass is 19.1. The minimum Gasteiger partial charge on any atom is -0.468 e. The number of carbonyl (C=O) groups excluding carboxylic acids is 1. The second-order valence-corrected chi connectivity index (χ2v) is 3.81. The van der Waals surface area contributed by atoms with E-state index in [9.17, 15) is 9.18 Å². The molecule has 1 aromatic carbocycles. The Balaban J connectivity index is 2.44. The molecule has 1 atom stereocenters. The molecule has 2 rings (SSSR count). The maximum absolute atomic E-state index is 13.0. The lowest BCUT2D eigenvalue weighted by molar-refractivity contribution is -0.142. The summed E-state index contributed by atoms with van der Waals surface area (Å²) < 4.78 is 23.3. The predicted molar refractivity (Wildman–Crippen MR) is 61.2 cm³/mol. The highest BCUT2D eigenvalue weighted by Crippen LogP contribution is 2.28. The molecule has 0 radical (unpaired) electrons. The van der Waals surface area contributed by atoms with E-state index in [0.717, 1.165) is 0 Å². The van der Waals surface area contributed by atoms with Gasteiger partial charge in [0.25, 0.3) is 0 Å². The van der Waals surface area contributed by atoms with Crippen molar-refractivity contribution in [3.63, 3.8) is 0 Å². The van der Waals surface area contributed by atoms with Gasteiger partial charge < -0.3 is 9.15 Å². The van der Waals surface area contributed by atoms with Crippen LogP contribution in [0.25, 0.3) is 11.0 Å². The fraction of sp³-hybridized carbons (Fsp3) is 0.308. The Kier molecular flexibility index (Phi) is 3.13. The van der Waals surface area contributed by atoms with Gasteiger partial charge in [0, 0.05) is 5.39 Å². The summed E-state index contributed by atoms with van der Waals surface area (Å²) in [5, 5.41) is 0.655. The number of fused-ring (bicyclic) bond motifs is 1. The summed E-state index contributed by atoms with van der Waals surface area (Å²) >= 11 is 0. The largest absolute Gasteiger partial charge is 0.468 e. The van der Waals surface area contributed by atoms with Crippen LogP contribution >= 0.6 is 0 Å². The Labute approximate surface area is 98.2 Å². The summed E-state index contributed by atoms with van der Waals surface area (Å²) in [6.07, 6.45) is 0.578. The lowest BCUT2D eigenvalue weighted by Crippen LogP contribution is -2.12. The van der Waals surface area contributed by atoms with E-state index >= 15 is 0 Å². The molecule has 0 aliphatic rings. The van der Waals surface area contributed by atoms with E-state index < -0.39 is 5.92 Å². The average Bonchev–Trinajstić information content (AvgIpc) is 2.72. The van der Waals surface area contributed by atoms with E-state index in [1.54, 1.807) is 12.1 Å². The predicted octanol–water partition coefficient (Wildman–Crippen LogP) is 3.24. The second kappa shape index (κ2) is 4.57. The van der Waals surface area contributed by atoms with Crippen LogP contribution in [0.2, 0.25) is 0 Å². The first-order chi connectivity index (χ1) is 8.15. The van der Waals surface area contributed by atoms with Crippen molar-refractivity contribution in [1.82, 2.24) is 0 Å². The normalized spacial score (nSPS) is 12.6. The lowest BCUT2D eigenvalue weighted by Gasteiger charge is -2.08. The summed E-state index contributed by atoms with van der Waals surface area (Å²) in [5.74, 6) is -0.585. The van der Waals surface area contributed by atoms with Gasteiger partial charge in [-0.15, -0.1) is 0 Å². The molecule has 4 heteroatoms. The fourth-order valence-electron chi connectivity index (χ4n) is 1.83. The van der Waals surface area contributed by atoms with Gasteiger partial charge in [-0.05, 0) is 30.7 Å². The average molecular weight is 236 g/mol. The number of halogens is 1. The molecule has 0 spiro atoms. The van der Waals surface area contributed by atoms with Gasteiger partial charge in [0.2, 0.25) is 0 Å².